The predicted octanol–water partition coefficient (Wildman–Crippen LogP) is 5.48. The van der Waals surface area contributed by atoms with E-state index in [9.17, 15) is 5.11 Å². The summed E-state index contributed by atoms with van der Waals surface area (Å²) in [6.45, 7) is 6.66. The van der Waals surface area contributed by atoms with E-state index >= 15 is 0 Å². The zero-order valence-corrected chi connectivity index (χ0v) is 13.4. The number of rotatable bonds is 4. The zero-order chi connectivity index (χ0) is 15.5. The summed E-state index contributed by atoms with van der Waals surface area (Å²) in [6.07, 6.45) is 2.82. The molecule has 0 aliphatic carbocycles. The van der Waals surface area contributed by atoms with Gasteiger partial charge in [0, 0.05) is 11.2 Å². The summed E-state index contributed by atoms with van der Waals surface area (Å²) in [5.74, 6) is 0.124. The van der Waals surface area contributed by atoms with Crippen molar-refractivity contribution in [3.05, 3.63) is 58.6 Å². The summed E-state index contributed by atoms with van der Waals surface area (Å²) in [7, 11) is 0. The van der Waals surface area contributed by atoms with Gasteiger partial charge in [-0.05, 0) is 41.2 Å². The standard InChI is InChI=1S/C18H20ClNO/c1-4-18(2,3)14-7-5-13(6-8-14)12-20-16-11-15(19)9-10-17(16)21/h5-12,21H,4H2,1-3H3. The number of phenolic OH excluding ortho intramolecular Hbond substituents is 1. The first-order valence-corrected chi connectivity index (χ1v) is 7.43. The number of hydrogen-bond acceptors (Lipinski definition) is 2. The minimum absolute atomic E-state index is 0.124. The van der Waals surface area contributed by atoms with E-state index in [4.69, 9.17) is 11.6 Å². The molecule has 21 heavy (non-hydrogen) atoms. The van der Waals surface area contributed by atoms with Crippen LogP contribution in [0.25, 0.3) is 0 Å². The number of aliphatic imine (C=N–C) groups is 1. The fourth-order valence-corrected chi connectivity index (χ4v) is 2.13. The number of nitrogens with zero attached hydrogens (tertiary/aromatic N) is 1. The maximum atomic E-state index is 9.72. The number of halogens is 1. The van der Waals surface area contributed by atoms with Crippen LogP contribution in [0, 0.1) is 0 Å². The van der Waals surface area contributed by atoms with E-state index in [2.05, 4.69) is 37.9 Å². The second kappa shape index (κ2) is 6.31. The summed E-state index contributed by atoms with van der Waals surface area (Å²) in [6, 6.07) is 13.2. The molecule has 0 unspecified atom stereocenters. The highest BCUT2D eigenvalue weighted by Gasteiger charge is 2.17. The molecular formula is C18H20ClNO. The summed E-state index contributed by atoms with van der Waals surface area (Å²) >= 11 is 5.90. The minimum Gasteiger partial charge on any atom is -0.506 e. The van der Waals surface area contributed by atoms with Gasteiger partial charge in [-0.15, -0.1) is 0 Å². The SMILES string of the molecule is CCC(C)(C)c1ccc(C=Nc2cc(Cl)ccc2O)cc1. The molecule has 0 atom stereocenters. The molecule has 0 aliphatic heterocycles. The van der Waals surface area contributed by atoms with Crippen LogP contribution in [0.15, 0.2) is 47.5 Å². The van der Waals surface area contributed by atoms with Gasteiger partial charge < -0.3 is 5.11 Å². The normalized spacial score (nSPS) is 12.0. The van der Waals surface area contributed by atoms with Crippen molar-refractivity contribution in [2.45, 2.75) is 32.6 Å². The van der Waals surface area contributed by atoms with Crippen LogP contribution in [0.2, 0.25) is 5.02 Å². The van der Waals surface area contributed by atoms with Crippen LogP contribution in [-0.4, -0.2) is 11.3 Å². The van der Waals surface area contributed by atoms with Crippen LogP contribution < -0.4 is 0 Å². The van der Waals surface area contributed by atoms with E-state index in [0.29, 0.717) is 10.7 Å². The van der Waals surface area contributed by atoms with Crippen molar-refractivity contribution < 1.29 is 5.11 Å². The molecule has 0 amide bonds. The highest BCUT2D eigenvalue weighted by Crippen LogP contribution is 2.29. The second-order valence-corrected chi connectivity index (χ2v) is 6.19. The van der Waals surface area contributed by atoms with Gasteiger partial charge >= 0.3 is 0 Å². The average Bonchev–Trinajstić information content (AvgIpc) is 2.48. The van der Waals surface area contributed by atoms with Crippen molar-refractivity contribution in [2.75, 3.05) is 0 Å². The van der Waals surface area contributed by atoms with Crippen LogP contribution >= 0.6 is 11.6 Å². The number of benzene rings is 2. The Morgan fingerprint density at radius 1 is 1.14 bits per heavy atom. The molecule has 0 aliphatic rings. The number of aromatic hydroxyl groups is 1. The lowest BCUT2D eigenvalue weighted by Crippen LogP contribution is -2.15. The summed E-state index contributed by atoms with van der Waals surface area (Å²) in [5.41, 5.74) is 2.96. The smallest absolute Gasteiger partial charge is 0.141 e. The predicted molar refractivity (Wildman–Crippen MR) is 90.1 cm³/mol. The van der Waals surface area contributed by atoms with E-state index in [1.165, 1.54) is 5.56 Å². The maximum absolute atomic E-state index is 9.72. The van der Waals surface area contributed by atoms with Crippen LogP contribution in [0.1, 0.15) is 38.3 Å². The van der Waals surface area contributed by atoms with E-state index < -0.39 is 0 Å². The minimum atomic E-state index is 0.124. The second-order valence-electron chi connectivity index (χ2n) is 5.75. The summed E-state index contributed by atoms with van der Waals surface area (Å²) in [5, 5.41) is 10.3. The van der Waals surface area contributed by atoms with E-state index in [-0.39, 0.29) is 11.2 Å². The molecule has 0 aromatic heterocycles. The molecular weight excluding hydrogens is 282 g/mol. The number of hydrogen-bond donors (Lipinski definition) is 1. The Labute approximate surface area is 131 Å². The van der Waals surface area contributed by atoms with E-state index in [1.807, 2.05) is 12.1 Å². The van der Waals surface area contributed by atoms with Gasteiger partial charge in [-0.1, -0.05) is 56.6 Å². The third-order valence-corrected chi connectivity index (χ3v) is 4.10. The number of phenols is 1. The molecule has 0 saturated heterocycles. The lowest BCUT2D eigenvalue weighted by molar-refractivity contribution is 0.477. The fourth-order valence-electron chi connectivity index (χ4n) is 1.97. The Balaban J connectivity index is 2.20. The van der Waals surface area contributed by atoms with Crippen LogP contribution in [0.4, 0.5) is 5.69 Å². The van der Waals surface area contributed by atoms with Crippen molar-refractivity contribution in [1.29, 1.82) is 0 Å². The maximum Gasteiger partial charge on any atom is 0.141 e. The van der Waals surface area contributed by atoms with Gasteiger partial charge in [0.25, 0.3) is 0 Å². The molecule has 2 rings (SSSR count). The van der Waals surface area contributed by atoms with Crippen molar-refractivity contribution in [1.82, 2.24) is 0 Å². The first-order chi connectivity index (χ1) is 9.92. The molecule has 0 radical (unpaired) electrons. The first-order valence-electron chi connectivity index (χ1n) is 7.05. The molecule has 0 saturated carbocycles. The molecule has 3 heteroatoms. The van der Waals surface area contributed by atoms with Gasteiger partial charge in [0.15, 0.2) is 0 Å². The summed E-state index contributed by atoms with van der Waals surface area (Å²) in [4.78, 5) is 4.29. The van der Waals surface area contributed by atoms with Crippen molar-refractivity contribution in [2.24, 2.45) is 4.99 Å². The Bertz CT molecular complexity index is 645. The monoisotopic (exact) mass is 301 g/mol. The Kier molecular flexibility index (Phi) is 4.69. The van der Waals surface area contributed by atoms with Gasteiger partial charge in [0.1, 0.15) is 11.4 Å². The Morgan fingerprint density at radius 2 is 1.81 bits per heavy atom. The highest BCUT2D eigenvalue weighted by atomic mass is 35.5. The quantitative estimate of drug-likeness (QED) is 0.745. The molecule has 2 aromatic rings. The van der Waals surface area contributed by atoms with Gasteiger partial charge in [-0.2, -0.15) is 0 Å². The lowest BCUT2D eigenvalue weighted by atomic mass is 9.82. The van der Waals surface area contributed by atoms with Gasteiger partial charge in [-0.25, -0.2) is 0 Å². The lowest BCUT2D eigenvalue weighted by Gasteiger charge is -2.23. The Morgan fingerprint density at radius 3 is 2.43 bits per heavy atom. The molecule has 1 N–H and O–H groups in total. The third kappa shape index (κ3) is 3.85. The molecule has 0 heterocycles. The molecule has 0 spiro atoms. The van der Waals surface area contributed by atoms with Crippen LogP contribution in [-0.2, 0) is 5.41 Å². The van der Waals surface area contributed by atoms with E-state index in [1.54, 1.807) is 24.4 Å². The molecule has 110 valence electrons. The van der Waals surface area contributed by atoms with Crippen molar-refractivity contribution in [3.63, 3.8) is 0 Å². The molecule has 2 aromatic carbocycles. The van der Waals surface area contributed by atoms with Crippen LogP contribution in [0.5, 0.6) is 5.75 Å². The van der Waals surface area contributed by atoms with Crippen molar-refractivity contribution in [3.8, 4) is 5.75 Å². The largest absolute Gasteiger partial charge is 0.506 e. The molecule has 2 nitrogen and oxygen atoms in total. The van der Waals surface area contributed by atoms with E-state index in [0.717, 1.165) is 12.0 Å². The molecule has 0 fully saturated rings. The zero-order valence-electron chi connectivity index (χ0n) is 12.6. The first kappa shape index (κ1) is 15.6. The third-order valence-electron chi connectivity index (χ3n) is 3.87. The molecule has 0 bridgehead atoms. The fraction of sp³-hybridized carbons (Fsp3) is 0.278. The average molecular weight is 302 g/mol. The van der Waals surface area contributed by atoms with Crippen molar-refractivity contribution >= 4 is 23.5 Å². The topological polar surface area (TPSA) is 32.6 Å². The van der Waals surface area contributed by atoms with Gasteiger partial charge in [0.05, 0.1) is 0 Å². The highest BCUT2D eigenvalue weighted by molar-refractivity contribution is 6.30. The van der Waals surface area contributed by atoms with Gasteiger partial charge in [0.2, 0.25) is 0 Å². The van der Waals surface area contributed by atoms with Crippen LogP contribution in [0.3, 0.4) is 0 Å². The Hall–Kier alpha value is -1.80. The van der Waals surface area contributed by atoms with Gasteiger partial charge in [-0.3, -0.25) is 4.99 Å². The summed E-state index contributed by atoms with van der Waals surface area (Å²) < 4.78 is 0.